The second kappa shape index (κ2) is 5.19. The van der Waals surface area contributed by atoms with Crippen LogP contribution in [0.5, 0.6) is 0 Å². The van der Waals surface area contributed by atoms with E-state index in [0.29, 0.717) is 6.61 Å². The molecule has 1 aliphatic rings. The number of amides is 1. The van der Waals surface area contributed by atoms with Crippen LogP contribution in [0.4, 0.5) is 4.79 Å². The van der Waals surface area contributed by atoms with E-state index in [2.05, 4.69) is 35.4 Å². The van der Waals surface area contributed by atoms with Crippen LogP contribution in [0.2, 0.25) is 0 Å². The minimum absolute atomic E-state index is 0.168. The number of carbonyl (C=O) groups is 1. The molecule has 0 fully saturated rings. The molecule has 1 amide bonds. The van der Waals surface area contributed by atoms with Crippen molar-refractivity contribution in [3.63, 3.8) is 0 Å². The Morgan fingerprint density at radius 1 is 1.50 bits per heavy atom. The molecule has 20 heavy (non-hydrogen) atoms. The zero-order chi connectivity index (χ0) is 14.1. The van der Waals surface area contributed by atoms with E-state index in [9.17, 15) is 4.79 Å². The van der Waals surface area contributed by atoms with Crippen molar-refractivity contribution in [3.8, 4) is 0 Å². The molecule has 0 aliphatic heterocycles. The Morgan fingerprint density at radius 2 is 2.35 bits per heavy atom. The number of benzene rings is 1. The summed E-state index contributed by atoms with van der Waals surface area (Å²) in [6.45, 7) is 4.34. The Balaban J connectivity index is 1.84. The maximum Gasteiger partial charge on any atom is 0.407 e. The summed E-state index contributed by atoms with van der Waals surface area (Å²) in [5.74, 6) is 0. The van der Waals surface area contributed by atoms with Crippen molar-refractivity contribution < 1.29 is 9.53 Å². The maximum absolute atomic E-state index is 11.5. The molecule has 106 valence electrons. The highest BCUT2D eigenvalue weighted by molar-refractivity contribution is 5.85. The zero-order valence-corrected chi connectivity index (χ0v) is 12.0. The summed E-state index contributed by atoms with van der Waals surface area (Å²) in [5, 5.41) is 4.24. The molecule has 0 spiro atoms. The van der Waals surface area contributed by atoms with E-state index in [1.807, 2.05) is 6.92 Å². The minimum atomic E-state index is -0.308. The number of H-pyrrole nitrogens is 1. The van der Waals surface area contributed by atoms with Crippen LogP contribution in [0.1, 0.15) is 30.2 Å². The van der Waals surface area contributed by atoms with E-state index < -0.39 is 0 Å². The molecular weight excluding hydrogens is 252 g/mol. The molecule has 3 rings (SSSR count). The first-order chi connectivity index (χ1) is 9.67. The molecule has 2 aromatic rings. The lowest BCUT2D eigenvalue weighted by atomic mass is 9.91. The first kappa shape index (κ1) is 13.0. The molecule has 1 atom stereocenters. The molecule has 0 bridgehead atoms. The summed E-state index contributed by atoms with van der Waals surface area (Å²) in [4.78, 5) is 15.0. The van der Waals surface area contributed by atoms with E-state index in [0.717, 1.165) is 19.3 Å². The number of carbonyl (C=O) groups excluding carboxylic acids is 1. The number of nitrogens with one attached hydrogen (secondary N) is 2. The van der Waals surface area contributed by atoms with Crippen molar-refractivity contribution in [2.24, 2.45) is 0 Å². The van der Waals surface area contributed by atoms with Gasteiger partial charge in [-0.15, -0.1) is 0 Å². The molecule has 1 aromatic carbocycles. The number of aromatic nitrogens is 1. The Morgan fingerprint density at radius 3 is 3.15 bits per heavy atom. The summed E-state index contributed by atoms with van der Waals surface area (Å²) < 4.78 is 4.96. The standard InChI is InChI=1S/C16H20N2O2/c1-3-20-16(19)17-11-5-7-15-13(9-11)12-8-10(2)4-6-14(12)18-15/h4,6,8,11,18H,3,5,7,9H2,1-2H3,(H,17,19). The van der Waals surface area contributed by atoms with Crippen molar-refractivity contribution in [1.29, 1.82) is 0 Å². The lowest BCUT2D eigenvalue weighted by Gasteiger charge is -2.23. The number of alkyl carbamates (subject to hydrolysis) is 1. The average molecular weight is 272 g/mol. The van der Waals surface area contributed by atoms with Crippen LogP contribution in [0, 0.1) is 6.92 Å². The molecule has 1 aromatic heterocycles. The first-order valence-electron chi connectivity index (χ1n) is 7.20. The Kier molecular flexibility index (Phi) is 3.38. The van der Waals surface area contributed by atoms with Crippen LogP contribution < -0.4 is 5.32 Å². The van der Waals surface area contributed by atoms with Gasteiger partial charge < -0.3 is 15.0 Å². The van der Waals surface area contributed by atoms with Crippen molar-refractivity contribution >= 4 is 17.0 Å². The van der Waals surface area contributed by atoms with E-state index in [4.69, 9.17) is 4.74 Å². The molecule has 0 saturated carbocycles. The van der Waals surface area contributed by atoms with Gasteiger partial charge in [-0.3, -0.25) is 0 Å². The minimum Gasteiger partial charge on any atom is -0.450 e. The Bertz CT molecular complexity index is 645. The second-order valence-electron chi connectivity index (χ2n) is 5.44. The molecule has 4 nitrogen and oxygen atoms in total. The number of aryl methyl sites for hydroxylation is 2. The van der Waals surface area contributed by atoms with Crippen molar-refractivity contribution in [3.05, 3.63) is 35.0 Å². The van der Waals surface area contributed by atoms with E-state index in [1.54, 1.807) is 0 Å². The van der Waals surface area contributed by atoms with Gasteiger partial charge in [0.1, 0.15) is 0 Å². The summed E-state index contributed by atoms with van der Waals surface area (Å²) in [6, 6.07) is 6.65. The molecular formula is C16H20N2O2. The first-order valence-corrected chi connectivity index (χ1v) is 7.20. The predicted molar refractivity (Wildman–Crippen MR) is 79.0 cm³/mol. The lowest BCUT2D eigenvalue weighted by molar-refractivity contribution is 0.147. The number of rotatable bonds is 2. The zero-order valence-electron chi connectivity index (χ0n) is 12.0. The van der Waals surface area contributed by atoms with Crippen molar-refractivity contribution in [1.82, 2.24) is 10.3 Å². The van der Waals surface area contributed by atoms with Crippen LogP contribution in [-0.2, 0) is 17.6 Å². The Labute approximate surface area is 118 Å². The van der Waals surface area contributed by atoms with Crippen LogP contribution in [-0.4, -0.2) is 23.7 Å². The van der Waals surface area contributed by atoms with Gasteiger partial charge in [0.05, 0.1) is 6.61 Å². The van der Waals surface area contributed by atoms with Crippen LogP contribution in [0.3, 0.4) is 0 Å². The van der Waals surface area contributed by atoms with Crippen LogP contribution in [0.25, 0.3) is 10.9 Å². The average Bonchev–Trinajstić information content (AvgIpc) is 2.76. The van der Waals surface area contributed by atoms with Crippen LogP contribution >= 0.6 is 0 Å². The highest BCUT2D eigenvalue weighted by atomic mass is 16.5. The van der Waals surface area contributed by atoms with Gasteiger partial charge >= 0.3 is 6.09 Å². The number of aromatic amines is 1. The van der Waals surface area contributed by atoms with E-state index in [1.165, 1.54) is 27.7 Å². The third kappa shape index (κ3) is 2.38. The van der Waals surface area contributed by atoms with Gasteiger partial charge in [0.25, 0.3) is 0 Å². The smallest absolute Gasteiger partial charge is 0.407 e. The second-order valence-corrected chi connectivity index (χ2v) is 5.44. The van der Waals surface area contributed by atoms with Crippen LogP contribution in [0.15, 0.2) is 18.2 Å². The number of ether oxygens (including phenoxy) is 1. The van der Waals surface area contributed by atoms with Gasteiger partial charge in [-0.1, -0.05) is 11.6 Å². The number of hydrogen-bond acceptors (Lipinski definition) is 2. The van der Waals surface area contributed by atoms with E-state index >= 15 is 0 Å². The van der Waals surface area contributed by atoms with Gasteiger partial charge in [-0.2, -0.15) is 0 Å². The molecule has 1 heterocycles. The highest BCUT2D eigenvalue weighted by Crippen LogP contribution is 2.29. The van der Waals surface area contributed by atoms with Gasteiger partial charge in [0, 0.05) is 22.6 Å². The molecule has 1 aliphatic carbocycles. The predicted octanol–water partition coefficient (Wildman–Crippen LogP) is 3.08. The van der Waals surface area contributed by atoms with Gasteiger partial charge in [0.15, 0.2) is 0 Å². The quantitative estimate of drug-likeness (QED) is 0.882. The van der Waals surface area contributed by atoms with Gasteiger partial charge in [0.2, 0.25) is 0 Å². The third-order valence-electron chi connectivity index (χ3n) is 3.94. The SMILES string of the molecule is CCOC(=O)NC1CCc2[nH]c3ccc(C)cc3c2C1. The molecule has 4 heteroatoms. The molecule has 1 unspecified atom stereocenters. The lowest BCUT2D eigenvalue weighted by Crippen LogP contribution is -2.39. The fourth-order valence-corrected chi connectivity index (χ4v) is 2.99. The van der Waals surface area contributed by atoms with Crippen molar-refractivity contribution in [2.75, 3.05) is 6.61 Å². The summed E-state index contributed by atoms with van der Waals surface area (Å²) in [6.07, 6.45) is 2.49. The fourth-order valence-electron chi connectivity index (χ4n) is 2.99. The van der Waals surface area contributed by atoms with E-state index in [-0.39, 0.29) is 12.1 Å². The normalized spacial score (nSPS) is 17.8. The molecule has 0 radical (unpaired) electrons. The summed E-state index contributed by atoms with van der Waals surface area (Å²) in [7, 11) is 0. The van der Waals surface area contributed by atoms with Crippen molar-refractivity contribution in [2.45, 2.75) is 39.2 Å². The third-order valence-corrected chi connectivity index (χ3v) is 3.94. The Hall–Kier alpha value is -1.97. The van der Waals surface area contributed by atoms with Gasteiger partial charge in [-0.25, -0.2) is 4.79 Å². The topological polar surface area (TPSA) is 54.1 Å². The summed E-state index contributed by atoms with van der Waals surface area (Å²) >= 11 is 0. The molecule has 2 N–H and O–H groups in total. The maximum atomic E-state index is 11.5. The molecule has 0 saturated heterocycles. The van der Waals surface area contributed by atoms with Gasteiger partial charge in [-0.05, 0) is 50.8 Å². The monoisotopic (exact) mass is 272 g/mol. The summed E-state index contributed by atoms with van der Waals surface area (Å²) in [5.41, 5.74) is 5.11. The highest BCUT2D eigenvalue weighted by Gasteiger charge is 2.23. The number of hydrogen-bond donors (Lipinski definition) is 2. The largest absolute Gasteiger partial charge is 0.450 e. The fraction of sp³-hybridized carbons (Fsp3) is 0.438. The number of fused-ring (bicyclic) bond motifs is 3.